The fraction of sp³-hybridized carbons (Fsp3) is 0.118. The minimum absolute atomic E-state index is 0.101. The lowest BCUT2D eigenvalue weighted by molar-refractivity contribution is 0.102. The molecule has 0 spiro atoms. The van der Waals surface area contributed by atoms with Gasteiger partial charge in [-0.25, -0.2) is 8.42 Å². The molecule has 1 aromatic heterocycles. The first-order valence-corrected chi connectivity index (χ1v) is 10.5. The van der Waals surface area contributed by atoms with Crippen LogP contribution in [-0.4, -0.2) is 30.3 Å². The number of aryl methyl sites for hydroxylation is 1. The molecule has 0 aliphatic carbocycles. The highest BCUT2D eigenvalue weighted by atomic mass is 35.5. The van der Waals surface area contributed by atoms with Gasteiger partial charge < -0.3 is 0 Å². The van der Waals surface area contributed by atoms with Gasteiger partial charge >= 0.3 is 0 Å². The Hall–Kier alpha value is -2.29. The highest BCUT2D eigenvalue weighted by Gasteiger charge is 2.16. The number of halogens is 1. The number of carbonyl (C=O) groups excluding carboxylic acids is 1. The quantitative estimate of drug-likeness (QED) is 0.675. The fourth-order valence-corrected chi connectivity index (χ4v) is 4.38. The Labute approximate surface area is 159 Å². The average Bonchev–Trinajstić information content (AvgIpc) is 3.09. The van der Waals surface area contributed by atoms with Crippen LogP contribution in [-0.2, 0) is 16.3 Å². The van der Waals surface area contributed by atoms with Crippen molar-refractivity contribution in [3.63, 3.8) is 0 Å². The van der Waals surface area contributed by atoms with E-state index in [9.17, 15) is 13.2 Å². The lowest BCUT2D eigenvalue weighted by Crippen LogP contribution is -2.11. The topological polar surface area (TPSA) is 89.0 Å². The van der Waals surface area contributed by atoms with Gasteiger partial charge in [0, 0.05) is 17.0 Å². The Morgan fingerprint density at radius 1 is 1.04 bits per heavy atom. The maximum atomic E-state index is 12.3. The van der Waals surface area contributed by atoms with Gasteiger partial charge in [-0.3, -0.25) is 10.1 Å². The molecular weight excluding hydrogens is 394 g/mol. The summed E-state index contributed by atoms with van der Waals surface area (Å²) in [5.74, 6) is -0.391. The summed E-state index contributed by atoms with van der Waals surface area (Å²) in [5, 5.41) is 11.8. The van der Waals surface area contributed by atoms with E-state index in [0.29, 0.717) is 20.7 Å². The van der Waals surface area contributed by atoms with Gasteiger partial charge in [-0.2, -0.15) is 0 Å². The van der Waals surface area contributed by atoms with E-state index in [2.05, 4.69) is 15.5 Å². The molecule has 1 heterocycles. The van der Waals surface area contributed by atoms with Gasteiger partial charge in [0.25, 0.3) is 5.91 Å². The van der Waals surface area contributed by atoms with Crippen LogP contribution in [0.1, 0.15) is 15.4 Å². The van der Waals surface area contributed by atoms with Crippen molar-refractivity contribution in [2.45, 2.75) is 11.3 Å². The molecule has 134 valence electrons. The second kappa shape index (κ2) is 7.94. The molecule has 1 N–H and O–H groups in total. The molecule has 9 heteroatoms. The molecule has 1 amide bonds. The summed E-state index contributed by atoms with van der Waals surface area (Å²) in [5.41, 5.74) is 0.509. The third-order valence-electron chi connectivity index (χ3n) is 3.48. The molecule has 0 saturated heterocycles. The number of nitrogens with one attached hydrogen (secondary N) is 1. The third-order valence-corrected chi connectivity index (χ3v) is 6.36. The van der Waals surface area contributed by atoms with E-state index in [4.69, 9.17) is 11.6 Å². The normalized spacial score (nSPS) is 11.3. The van der Waals surface area contributed by atoms with E-state index in [0.717, 1.165) is 11.3 Å². The highest BCUT2D eigenvalue weighted by molar-refractivity contribution is 7.91. The summed E-state index contributed by atoms with van der Waals surface area (Å²) in [6.07, 6.45) is 0.212. The van der Waals surface area contributed by atoms with Crippen LogP contribution in [0, 0.1) is 0 Å². The van der Waals surface area contributed by atoms with Crippen LogP contribution in [0.15, 0.2) is 59.5 Å². The molecule has 0 unspecified atom stereocenters. The number of nitrogens with zero attached hydrogens (tertiary/aromatic N) is 2. The third kappa shape index (κ3) is 4.66. The van der Waals surface area contributed by atoms with Crippen LogP contribution >= 0.6 is 22.9 Å². The van der Waals surface area contributed by atoms with Gasteiger partial charge in [-0.15, -0.1) is 10.2 Å². The zero-order chi connectivity index (χ0) is 18.6. The van der Waals surface area contributed by atoms with Gasteiger partial charge in [-0.1, -0.05) is 41.1 Å². The lowest BCUT2D eigenvalue weighted by Gasteiger charge is -2.03. The maximum Gasteiger partial charge on any atom is 0.257 e. The van der Waals surface area contributed by atoms with Gasteiger partial charge in [0.05, 0.1) is 10.6 Å². The van der Waals surface area contributed by atoms with Gasteiger partial charge in [0.15, 0.2) is 9.84 Å². The van der Waals surface area contributed by atoms with Gasteiger partial charge in [-0.05, 0) is 36.4 Å². The van der Waals surface area contributed by atoms with E-state index < -0.39 is 9.84 Å². The molecule has 0 atom stereocenters. The Balaban J connectivity index is 1.62. The number of benzene rings is 2. The van der Waals surface area contributed by atoms with Crippen LogP contribution in [0.5, 0.6) is 0 Å². The summed E-state index contributed by atoms with van der Waals surface area (Å²) in [6.45, 7) is 0. The van der Waals surface area contributed by atoms with Crippen molar-refractivity contribution in [3.8, 4) is 0 Å². The second-order valence-corrected chi connectivity index (χ2v) is 8.95. The van der Waals surface area contributed by atoms with Crippen molar-refractivity contribution in [3.05, 3.63) is 70.2 Å². The molecule has 0 radical (unpaired) electrons. The van der Waals surface area contributed by atoms with Crippen LogP contribution in [0.25, 0.3) is 0 Å². The SMILES string of the molecule is O=C(Nc1nnc(CCS(=O)(=O)c2ccc(Cl)cc2)s1)c1ccccc1. The van der Waals surface area contributed by atoms with Crippen LogP contribution < -0.4 is 5.32 Å². The molecule has 6 nitrogen and oxygen atoms in total. The molecule has 0 fully saturated rings. The van der Waals surface area contributed by atoms with Crippen LogP contribution in [0.3, 0.4) is 0 Å². The molecule has 2 aromatic carbocycles. The number of carbonyl (C=O) groups is 1. The standard InChI is InChI=1S/C17H14ClN3O3S2/c18-13-6-8-14(9-7-13)26(23,24)11-10-15-20-21-17(25-15)19-16(22)12-4-2-1-3-5-12/h1-9H,10-11H2,(H,19,21,22). The molecule has 3 aromatic rings. The smallest absolute Gasteiger partial charge is 0.257 e. The van der Waals surface area contributed by atoms with Crippen LogP contribution in [0.2, 0.25) is 5.02 Å². The average molecular weight is 408 g/mol. The number of hydrogen-bond donors (Lipinski definition) is 1. The van der Waals surface area contributed by atoms with E-state index in [1.165, 1.54) is 24.3 Å². The molecule has 0 aliphatic rings. The Morgan fingerprint density at radius 2 is 1.73 bits per heavy atom. The Morgan fingerprint density at radius 3 is 2.42 bits per heavy atom. The van der Waals surface area contributed by atoms with Crippen molar-refractivity contribution < 1.29 is 13.2 Å². The zero-order valence-electron chi connectivity index (χ0n) is 13.4. The number of aromatic nitrogens is 2. The summed E-state index contributed by atoms with van der Waals surface area (Å²) < 4.78 is 24.7. The number of sulfone groups is 1. The predicted octanol–water partition coefficient (Wildman–Crippen LogP) is 3.46. The molecule has 0 bridgehead atoms. The Bertz CT molecular complexity index is 1000. The lowest BCUT2D eigenvalue weighted by atomic mass is 10.2. The van der Waals surface area contributed by atoms with E-state index in [1.807, 2.05) is 6.07 Å². The maximum absolute atomic E-state index is 12.3. The first kappa shape index (κ1) is 18.5. The summed E-state index contributed by atoms with van der Waals surface area (Å²) in [4.78, 5) is 12.3. The molecule has 0 aliphatic heterocycles. The summed E-state index contributed by atoms with van der Waals surface area (Å²) >= 11 is 6.93. The van der Waals surface area contributed by atoms with E-state index in [-0.39, 0.29) is 23.0 Å². The van der Waals surface area contributed by atoms with Crippen LogP contribution in [0.4, 0.5) is 5.13 Å². The minimum Gasteiger partial charge on any atom is -0.296 e. The number of amides is 1. The number of rotatable bonds is 6. The van der Waals surface area contributed by atoms with Crippen molar-refractivity contribution >= 4 is 43.8 Å². The second-order valence-electron chi connectivity index (χ2n) is 5.34. The van der Waals surface area contributed by atoms with Crippen molar-refractivity contribution in [1.82, 2.24) is 10.2 Å². The van der Waals surface area contributed by atoms with E-state index >= 15 is 0 Å². The summed E-state index contributed by atoms with van der Waals surface area (Å²) in [7, 11) is -3.44. The first-order valence-electron chi connectivity index (χ1n) is 7.61. The fourth-order valence-electron chi connectivity index (χ4n) is 2.15. The number of hydrogen-bond acceptors (Lipinski definition) is 6. The van der Waals surface area contributed by atoms with Crippen molar-refractivity contribution in [2.75, 3.05) is 11.1 Å². The van der Waals surface area contributed by atoms with Crippen molar-refractivity contribution in [2.24, 2.45) is 0 Å². The summed E-state index contributed by atoms with van der Waals surface area (Å²) in [6, 6.07) is 14.8. The van der Waals surface area contributed by atoms with E-state index in [1.54, 1.807) is 24.3 Å². The molecule has 0 saturated carbocycles. The first-order chi connectivity index (χ1) is 12.4. The van der Waals surface area contributed by atoms with Gasteiger partial charge in [0.2, 0.25) is 5.13 Å². The molecular formula is C17H14ClN3O3S2. The monoisotopic (exact) mass is 407 g/mol. The van der Waals surface area contributed by atoms with Gasteiger partial charge in [0.1, 0.15) is 5.01 Å². The molecule has 3 rings (SSSR count). The predicted molar refractivity (Wildman–Crippen MR) is 102 cm³/mol. The Kier molecular flexibility index (Phi) is 5.65. The zero-order valence-corrected chi connectivity index (χ0v) is 15.8. The number of anilines is 1. The minimum atomic E-state index is -3.44. The largest absolute Gasteiger partial charge is 0.296 e. The highest BCUT2D eigenvalue weighted by Crippen LogP contribution is 2.20. The van der Waals surface area contributed by atoms with Crippen molar-refractivity contribution in [1.29, 1.82) is 0 Å². The molecule has 26 heavy (non-hydrogen) atoms.